The third-order valence-electron chi connectivity index (χ3n) is 11.0. The number of hydrogen-bond donors (Lipinski definition) is 1. The summed E-state index contributed by atoms with van der Waals surface area (Å²) in [6.07, 6.45) is 14.8. The molecule has 0 saturated heterocycles. The third-order valence-corrected chi connectivity index (χ3v) is 11.0. The van der Waals surface area contributed by atoms with Crippen LogP contribution in [0.1, 0.15) is 152 Å². The summed E-state index contributed by atoms with van der Waals surface area (Å²) in [6.45, 7) is 19.8. The maximum absolute atomic E-state index is 13.5. The van der Waals surface area contributed by atoms with Crippen molar-refractivity contribution in [3.8, 4) is 0 Å². The smallest absolute Gasteiger partial charge is 0.312 e. The monoisotopic (exact) mass is 578 g/mol. The topological polar surface area (TPSA) is 72.8 Å². The molecule has 0 aromatic heterocycles. The number of hydrogen-bond acceptors (Lipinski definition) is 5. The van der Waals surface area contributed by atoms with Gasteiger partial charge in [0.2, 0.25) is 0 Å². The molecule has 2 bridgehead atoms. The minimum absolute atomic E-state index is 0.0498. The Bertz CT molecular complexity index is 807. The summed E-state index contributed by atoms with van der Waals surface area (Å²) >= 11 is 0. The van der Waals surface area contributed by atoms with Gasteiger partial charge in [-0.2, -0.15) is 0 Å². The summed E-state index contributed by atoms with van der Waals surface area (Å²) in [6, 6.07) is 0. The highest BCUT2D eigenvalue weighted by Crippen LogP contribution is 2.62. The summed E-state index contributed by atoms with van der Waals surface area (Å²) in [7, 11) is 1.00. The Morgan fingerprint density at radius 2 is 1.54 bits per heavy atom. The zero-order valence-electron chi connectivity index (χ0n) is 28.5. The van der Waals surface area contributed by atoms with Crippen molar-refractivity contribution >= 4 is 11.9 Å². The Labute approximate surface area is 253 Å². The van der Waals surface area contributed by atoms with E-state index in [9.17, 15) is 9.59 Å². The number of aliphatic hydroxyl groups is 1. The molecule has 5 nitrogen and oxygen atoms in total. The minimum Gasteiger partial charge on any atom is -0.462 e. The molecule has 0 heterocycles. The zero-order valence-corrected chi connectivity index (χ0v) is 28.5. The van der Waals surface area contributed by atoms with Crippen LogP contribution in [-0.4, -0.2) is 35.9 Å². The first-order chi connectivity index (χ1) is 19.3. The molecule has 0 radical (unpaired) electrons. The van der Waals surface area contributed by atoms with E-state index in [1.165, 1.54) is 25.7 Å². The van der Waals surface area contributed by atoms with Crippen molar-refractivity contribution in [2.45, 2.75) is 164 Å². The van der Waals surface area contributed by atoms with Gasteiger partial charge in [0.25, 0.3) is 0 Å². The second kappa shape index (κ2) is 15.6. The normalized spacial score (nSPS) is 31.2. The molecule has 0 spiro atoms. The number of ether oxygens (including phenoxy) is 2. The number of aliphatic hydroxyl groups excluding tert-OH is 1. The molecule has 41 heavy (non-hydrogen) atoms. The molecule has 7 unspecified atom stereocenters. The van der Waals surface area contributed by atoms with Crippen LogP contribution in [-0.2, 0) is 19.1 Å². The van der Waals surface area contributed by atoms with Crippen LogP contribution in [0.3, 0.4) is 0 Å². The van der Waals surface area contributed by atoms with Gasteiger partial charge >= 0.3 is 11.9 Å². The first kappa shape index (κ1) is 36.1. The first-order valence-electron chi connectivity index (χ1n) is 17.2. The van der Waals surface area contributed by atoms with E-state index in [0.717, 1.165) is 71.3 Å². The van der Waals surface area contributed by atoms with E-state index in [-0.39, 0.29) is 35.0 Å². The molecule has 0 aliphatic heterocycles. The lowest BCUT2D eigenvalue weighted by Gasteiger charge is -2.38. The Morgan fingerprint density at radius 1 is 0.927 bits per heavy atom. The molecule has 1 N–H and O–H groups in total. The molecule has 4 aliphatic rings. The summed E-state index contributed by atoms with van der Waals surface area (Å²) in [4.78, 5) is 26.7. The predicted octanol–water partition coefficient (Wildman–Crippen LogP) is 9.14. The fraction of sp³-hybridized carbons (Fsp3) is 0.944. The average molecular weight is 579 g/mol. The maximum atomic E-state index is 13.5. The van der Waals surface area contributed by atoms with Crippen LogP contribution in [0.15, 0.2) is 0 Å². The summed E-state index contributed by atoms with van der Waals surface area (Å²) in [5.74, 6) is 2.62. The van der Waals surface area contributed by atoms with E-state index >= 15 is 0 Å². The number of esters is 2. The van der Waals surface area contributed by atoms with Gasteiger partial charge in [0.1, 0.15) is 11.7 Å². The summed E-state index contributed by atoms with van der Waals surface area (Å²) < 4.78 is 12.5. The van der Waals surface area contributed by atoms with Crippen molar-refractivity contribution in [1.82, 2.24) is 0 Å². The van der Waals surface area contributed by atoms with Gasteiger partial charge in [-0.05, 0) is 113 Å². The lowest BCUT2D eigenvalue weighted by atomic mass is 9.74. The minimum atomic E-state index is -0.332. The van der Waals surface area contributed by atoms with Crippen molar-refractivity contribution in [3.63, 3.8) is 0 Å². The average Bonchev–Trinajstić information content (AvgIpc) is 3.62. The number of carbonyl (C=O) groups is 2. The molecule has 0 amide bonds. The van der Waals surface area contributed by atoms with Gasteiger partial charge in [0, 0.05) is 7.11 Å². The third kappa shape index (κ3) is 9.19. The highest BCUT2D eigenvalue weighted by atomic mass is 16.6. The largest absolute Gasteiger partial charge is 0.462 e. The fourth-order valence-corrected chi connectivity index (χ4v) is 8.47. The molecule has 0 aromatic carbocycles. The number of fused-ring (bicyclic) bond motifs is 5. The fourth-order valence-electron chi connectivity index (χ4n) is 8.47. The van der Waals surface area contributed by atoms with Gasteiger partial charge < -0.3 is 14.6 Å². The van der Waals surface area contributed by atoms with Crippen molar-refractivity contribution < 1.29 is 24.2 Å². The van der Waals surface area contributed by atoms with Crippen LogP contribution in [0.25, 0.3) is 0 Å². The van der Waals surface area contributed by atoms with Crippen LogP contribution in [0.2, 0.25) is 0 Å². The molecule has 4 rings (SSSR count). The molecule has 4 saturated carbocycles. The van der Waals surface area contributed by atoms with Gasteiger partial charge in [-0.25, -0.2) is 0 Å². The SMILES string of the molecule is CCC(C)(C)C.CCCC(CC)(CC(C)C)C(=O)OC1CC2CC1C1CCC(C(=O)OC3(C)CCCCC3)C21.CO. The Balaban J connectivity index is 0.000000654. The van der Waals surface area contributed by atoms with Crippen molar-refractivity contribution in [3.05, 3.63) is 0 Å². The quantitative estimate of drug-likeness (QED) is 0.276. The van der Waals surface area contributed by atoms with E-state index in [1.807, 2.05) is 0 Å². The van der Waals surface area contributed by atoms with Crippen molar-refractivity contribution in [1.29, 1.82) is 0 Å². The van der Waals surface area contributed by atoms with E-state index < -0.39 is 0 Å². The summed E-state index contributed by atoms with van der Waals surface area (Å²) in [5, 5.41) is 7.00. The Morgan fingerprint density at radius 3 is 2.05 bits per heavy atom. The van der Waals surface area contributed by atoms with Crippen LogP contribution in [0, 0.1) is 46.3 Å². The molecule has 5 heteroatoms. The second-order valence-corrected chi connectivity index (χ2v) is 15.6. The lowest BCUT2D eigenvalue weighted by Crippen LogP contribution is -2.41. The highest BCUT2D eigenvalue weighted by molar-refractivity contribution is 5.77. The molecule has 7 atom stereocenters. The van der Waals surface area contributed by atoms with Crippen molar-refractivity contribution in [2.24, 2.45) is 46.3 Å². The van der Waals surface area contributed by atoms with Gasteiger partial charge in [-0.15, -0.1) is 0 Å². The van der Waals surface area contributed by atoms with Gasteiger partial charge in [0.15, 0.2) is 0 Å². The van der Waals surface area contributed by atoms with Crippen LogP contribution < -0.4 is 0 Å². The molecule has 240 valence electrons. The van der Waals surface area contributed by atoms with Crippen LogP contribution in [0.4, 0.5) is 0 Å². The van der Waals surface area contributed by atoms with Gasteiger partial charge in [-0.3, -0.25) is 9.59 Å². The number of rotatable bonds is 9. The maximum Gasteiger partial charge on any atom is 0.312 e. The first-order valence-corrected chi connectivity index (χ1v) is 17.2. The van der Waals surface area contributed by atoms with E-state index in [1.54, 1.807) is 0 Å². The van der Waals surface area contributed by atoms with Crippen LogP contribution in [0.5, 0.6) is 0 Å². The molecule has 0 aromatic rings. The van der Waals surface area contributed by atoms with Crippen molar-refractivity contribution in [2.75, 3.05) is 7.11 Å². The van der Waals surface area contributed by atoms with Gasteiger partial charge in [0.05, 0.1) is 11.3 Å². The van der Waals surface area contributed by atoms with Gasteiger partial charge in [-0.1, -0.05) is 74.7 Å². The second-order valence-electron chi connectivity index (χ2n) is 15.6. The van der Waals surface area contributed by atoms with E-state index in [2.05, 4.69) is 62.3 Å². The lowest BCUT2D eigenvalue weighted by molar-refractivity contribution is -0.172. The Hall–Kier alpha value is -1.10. The molecule has 4 aliphatic carbocycles. The Kier molecular flexibility index (Phi) is 13.7. The van der Waals surface area contributed by atoms with Crippen LogP contribution >= 0.6 is 0 Å². The number of carbonyl (C=O) groups excluding carboxylic acids is 2. The molecular weight excluding hydrogens is 512 g/mol. The molecular formula is C36H66O5. The molecule has 4 fully saturated rings. The highest BCUT2D eigenvalue weighted by Gasteiger charge is 2.60. The predicted molar refractivity (Wildman–Crippen MR) is 168 cm³/mol. The standard InChI is InChI=1S/C29H48O4.C6H14.CH4O/c1-6-13-29(7-2,18-19(3)4)27(31)32-24-17-20-16-23(24)21-11-12-22(25(20)21)26(30)33-28(5)14-9-8-10-15-28;1-5-6(2,3)4;1-2/h19-25H,6-18H2,1-5H3;5H2,1-4H3;2H,1H3. The summed E-state index contributed by atoms with van der Waals surface area (Å²) in [5.41, 5.74) is -0.0378. The zero-order chi connectivity index (χ0) is 31.0. The van der Waals surface area contributed by atoms with E-state index in [0.29, 0.717) is 35.0 Å². The van der Waals surface area contributed by atoms with E-state index in [4.69, 9.17) is 14.6 Å².